The Labute approximate surface area is 155 Å². The Morgan fingerprint density at radius 2 is 1.69 bits per heavy atom. The van der Waals surface area contributed by atoms with E-state index in [1.165, 1.54) is 0 Å². The van der Waals surface area contributed by atoms with Crippen LogP contribution in [0.25, 0.3) is 11.1 Å². The van der Waals surface area contributed by atoms with Gasteiger partial charge in [0, 0.05) is 38.3 Å². The quantitative estimate of drug-likeness (QED) is 0.867. The van der Waals surface area contributed by atoms with Gasteiger partial charge in [0.1, 0.15) is 0 Å². The number of β-amino-alcohol motifs (C(OH)–C–C–N with tert-alkyl or cyclic N) is 1. The maximum Gasteiger partial charge on any atom is 0.321 e. The van der Waals surface area contributed by atoms with Crippen molar-refractivity contribution in [2.24, 2.45) is 0 Å². The third kappa shape index (κ3) is 4.62. The molecule has 0 unspecified atom stereocenters. The Morgan fingerprint density at radius 3 is 2.38 bits per heavy atom. The van der Waals surface area contributed by atoms with Crippen LogP contribution in [-0.4, -0.2) is 59.8 Å². The number of para-hydroxylation sites is 1. The number of hydrogen-bond acceptors (Lipinski definition) is 3. The molecule has 0 radical (unpaired) electrons. The van der Waals surface area contributed by atoms with Crippen molar-refractivity contribution >= 4 is 11.7 Å². The molecule has 2 N–H and O–H groups in total. The van der Waals surface area contributed by atoms with Gasteiger partial charge in [-0.05, 0) is 18.1 Å². The zero-order chi connectivity index (χ0) is 18.4. The molecule has 3 rings (SSSR count). The predicted octanol–water partition coefficient (Wildman–Crippen LogP) is 3.27. The Balaban J connectivity index is 1.61. The number of hydrogen-bond donors (Lipinski definition) is 2. The van der Waals surface area contributed by atoms with E-state index in [0.29, 0.717) is 19.6 Å². The van der Waals surface area contributed by atoms with E-state index >= 15 is 0 Å². The SMILES string of the molecule is CC[C@H](O)CN1CCN(C(=O)Nc2ccccc2-c2ccccc2)CC1. The zero-order valence-corrected chi connectivity index (χ0v) is 15.3. The van der Waals surface area contributed by atoms with Gasteiger partial charge in [0.2, 0.25) is 0 Å². The van der Waals surface area contributed by atoms with Crippen LogP contribution in [0, 0.1) is 0 Å². The Hall–Kier alpha value is -2.37. The topological polar surface area (TPSA) is 55.8 Å². The van der Waals surface area contributed by atoms with E-state index in [2.05, 4.69) is 10.2 Å². The molecule has 1 saturated heterocycles. The number of benzene rings is 2. The highest BCUT2D eigenvalue weighted by molar-refractivity contribution is 5.94. The summed E-state index contributed by atoms with van der Waals surface area (Å²) in [7, 11) is 0. The second-order valence-electron chi connectivity index (χ2n) is 6.69. The van der Waals surface area contributed by atoms with Crippen LogP contribution < -0.4 is 5.32 Å². The summed E-state index contributed by atoms with van der Waals surface area (Å²) in [6, 6.07) is 17.9. The molecule has 2 amide bonds. The third-order valence-corrected chi connectivity index (χ3v) is 4.85. The molecule has 2 aromatic rings. The van der Waals surface area contributed by atoms with Gasteiger partial charge in [0.25, 0.3) is 0 Å². The number of nitrogens with one attached hydrogen (secondary N) is 1. The molecule has 1 fully saturated rings. The summed E-state index contributed by atoms with van der Waals surface area (Å²) in [5.41, 5.74) is 2.93. The van der Waals surface area contributed by atoms with Crippen molar-refractivity contribution in [1.29, 1.82) is 0 Å². The Kier molecular flexibility index (Phi) is 6.26. The van der Waals surface area contributed by atoms with E-state index in [0.717, 1.165) is 36.3 Å². The summed E-state index contributed by atoms with van der Waals surface area (Å²) >= 11 is 0. The van der Waals surface area contributed by atoms with E-state index in [1.54, 1.807) is 0 Å². The fourth-order valence-corrected chi connectivity index (χ4v) is 3.22. The number of amides is 2. The fourth-order valence-electron chi connectivity index (χ4n) is 3.22. The second kappa shape index (κ2) is 8.83. The first-order valence-electron chi connectivity index (χ1n) is 9.28. The van der Waals surface area contributed by atoms with Crippen LogP contribution in [0.2, 0.25) is 0 Å². The average Bonchev–Trinajstić information content (AvgIpc) is 2.69. The summed E-state index contributed by atoms with van der Waals surface area (Å²) in [5, 5.41) is 12.8. The van der Waals surface area contributed by atoms with Gasteiger partial charge in [-0.3, -0.25) is 4.90 Å². The van der Waals surface area contributed by atoms with E-state index < -0.39 is 0 Å². The summed E-state index contributed by atoms with van der Waals surface area (Å²) < 4.78 is 0. The maximum absolute atomic E-state index is 12.7. The van der Waals surface area contributed by atoms with E-state index in [9.17, 15) is 9.90 Å². The van der Waals surface area contributed by atoms with Crippen LogP contribution in [0.3, 0.4) is 0 Å². The number of piperazine rings is 1. The van der Waals surface area contributed by atoms with Gasteiger partial charge in [-0.1, -0.05) is 55.5 Å². The standard InChI is InChI=1S/C21H27N3O2/c1-2-18(25)16-23-12-14-24(15-13-23)21(26)22-20-11-7-6-10-19(20)17-8-4-3-5-9-17/h3-11,18,25H,2,12-16H2,1H3,(H,22,26)/t18-/m0/s1. The van der Waals surface area contributed by atoms with Crippen molar-refractivity contribution in [2.45, 2.75) is 19.4 Å². The van der Waals surface area contributed by atoms with Crippen molar-refractivity contribution in [1.82, 2.24) is 9.80 Å². The zero-order valence-electron chi connectivity index (χ0n) is 15.3. The molecular formula is C21H27N3O2. The molecule has 1 atom stereocenters. The number of aliphatic hydroxyl groups is 1. The van der Waals surface area contributed by atoms with Crippen molar-refractivity contribution in [2.75, 3.05) is 38.0 Å². The lowest BCUT2D eigenvalue weighted by Gasteiger charge is -2.35. The molecule has 5 nitrogen and oxygen atoms in total. The lowest BCUT2D eigenvalue weighted by Crippen LogP contribution is -2.51. The minimum Gasteiger partial charge on any atom is -0.392 e. The van der Waals surface area contributed by atoms with E-state index in [1.807, 2.05) is 66.4 Å². The van der Waals surface area contributed by atoms with Crippen LogP contribution in [0.5, 0.6) is 0 Å². The normalized spacial score (nSPS) is 16.3. The molecule has 1 aliphatic rings. The second-order valence-corrected chi connectivity index (χ2v) is 6.69. The minimum atomic E-state index is -0.284. The van der Waals surface area contributed by atoms with Crippen molar-refractivity contribution in [3.05, 3.63) is 54.6 Å². The first kappa shape index (κ1) is 18.4. The number of rotatable bonds is 5. The van der Waals surface area contributed by atoms with Crippen molar-refractivity contribution in [3.63, 3.8) is 0 Å². The molecule has 138 valence electrons. The van der Waals surface area contributed by atoms with E-state index in [4.69, 9.17) is 0 Å². The molecule has 1 aliphatic heterocycles. The number of carbonyl (C=O) groups is 1. The molecule has 0 aromatic heterocycles. The van der Waals surface area contributed by atoms with E-state index in [-0.39, 0.29) is 12.1 Å². The Bertz CT molecular complexity index is 712. The molecule has 0 spiro atoms. The molecule has 2 aromatic carbocycles. The van der Waals surface area contributed by atoms with Gasteiger partial charge in [0.15, 0.2) is 0 Å². The molecule has 0 saturated carbocycles. The van der Waals surface area contributed by atoms with Gasteiger partial charge < -0.3 is 15.3 Å². The van der Waals surface area contributed by atoms with Crippen LogP contribution in [0.4, 0.5) is 10.5 Å². The average molecular weight is 353 g/mol. The largest absolute Gasteiger partial charge is 0.392 e. The molecule has 1 heterocycles. The van der Waals surface area contributed by atoms with Crippen LogP contribution >= 0.6 is 0 Å². The molecule has 26 heavy (non-hydrogen) atoms. The number of carbonyl (C=O) groups excluding carboxylic acids is 1. The fraction of sp³-hybridized carbons (Fsp3) is 0.381. The van der Waals surface area contributed by atoms with Gasteiger partial charge >= 0.3 is 6.03 Å². The molecule has 0 aliphatic carbocycles. The van der Waals surface area contributed by atoms with Crippen molar-refractivity contribution in [3.8, 4) is 11.1 Å². The lowest BCUT2D eigenvalue weighted by atomic mass is 10.0. The highest BCUT2D eigenvalue weighted by Gasteiger charge is 2.22. The number of urea groups is 1. The highest BCUT2D eigenvalue weighted by atomic mass is 16.3. The van der Waals surface area contributed by atoms with Crippen LogP contribution in [-0.2, 0) is 0 Å². The summed E-state index contributed by atoms with van der Waals surface area (Å²) in [6.45, 7) is 5.61. The molecule has 0 bridgehead atoms. The first-order valence-corrected chi connectivity index (χ1v) is 9.28. The number of aliphatic hydroxyl groups excluding tert-OH is 1. The van der Waals surface area contributed by atoms with Gasteiger partial charge in [-0.2, -0.15) is 0 Å². The summed E-state index contributed by atoms with van der Waals surface area (Å²) in [5.74, 6) is 0. The number of nitrogens with zero attached hydrogens (tertiary/aromatic N) is 2. The summed E-state index contributed by atoms with van der Waals surface area (Å²) in [6.07, 6.45) is 0.477. The first-order chi connectivity index (χ1) is 12.7. The summed E-state index contributed by atoms with van der Waals surface area (Å²) in [4.78, 5) is 16.7. The smallest absolute Gasteiger partial charge is 0.321 e. The predicted molar refractivity (Wildman–Crippen MR) is 105 cm³/mol. The van der Waals surface area contributed by atoms with Gasteiger partial charge in [0.05, 0.1) is 11.8 Å². The Morgan fingerprint density at radius 1 is 1.04 bits per heavy atom. The van der Waals surface area contributed by atoms with Gasteiger partial charge in [-0.15, -0.1) is 0 Å². The monoisotopic (exact) mass is 353 g/mol. The lowest BCUT2D eigenvalue weighted by molar-refractivity contribution is 0.0812. The highest BCUT2D eigenvalue weighted by Crippen LogP contribution is 2.27. The number of anilines is 1. The van der Waals surface area contributed by atoms with Gasteiger partial charge in [-0.25, -0.2) is 4.79 Å². The molecule has 5 heteroatoms. The maximum atomic E-state index is 12.7. The minimum absolute atomic E-state index is 0.0657. The van der Waals surface area contributed by atoms with Crippen LogP contribution in [0.1, 0.15) is 13.3 Å². The molecular weight excluding hydrogens is 326 g/mol. The van der Waals surface area contributed by atoms with Crippen molar-refractivity contribution < 1.29 is 9.90 Å². The van der Waals surface area contributed by atoms with Crippen LogP contribution in [0.15, 0.2) is 54.6 Å². The third-order valence-electron chi connectivity index (χ3n) is 4.85.